The Labute approximate surface area is 251 Å². The minimum Gasteiger partial charge on any atom is -0.387 e. The van der Waals surface area contributed by atoms with Gasteiger partial charge in [-0.25, -0.2) is 24.1 Å². The molecule has 244 valence electrons. The number of nitrogens with one attached hydrogen (secondary N) is 2. The molecule has 24 heteroatoms. The number of phosphoric ester groups is 2. The zero-order valence-electron chi connectivity index (χ0n) is 23.1. The lowest BCUT2D eigenvalue weighted by atomic mass is 10.0. The van der Waals surface area contributed by atoms with Gasteiger partial charge >= 0.3 is 15.6 Å². The first-order valence-electron chi connectivity index (χ1n) is 13.5. The Balaban J connectivity index is 1.19. The molecule has 10 unspecified atom stereocenters. The summed E-state index contributed by atoms with van der Waals surface area (Å²) in [4.78, 5) is 54.0. The van der Waals surface area contributed by atoms with Crippen molar-refractivity contribution < 1.29 is 51.6 Å². The molecule has 0 saturated carbocycles. The van der Waals surface area contributed by atoms with Crippen molar-refractivity contribution in [3.63, 3.8) is 0 Å². The lowest BCUT2D eigenvalue weighted by Gasteiger charge is -2.28. The molecule has 4 aliphatic heterocycles. The molecule has 0 aliphatic carbocycles. The van der Waals surface area contributed by atoms with Gasteiger partial charge in [0.25, 0.3) is 5.56 Å². The fourth-order valence-electron chi connectivity index (χ4n) is 5.79. The van der Waals surface area contributed by atoms with Gasteiger partial charge in [0, 0.05) is 5.92 Å². The van der Waals surface area contributed by atoms with Gasteiger partial charge < -0.3 is 46.1 Å². The van der Waals surface area contributed by atoms with Crippen LogP contribution in [0.3, 0.4) is 0 Å². The summed E-state index contributed by atoms with van der Waals surface area (Å²) in [7, 11) is -9.91. The number of aliphatic hydroxyl groups is 1. The maximum atomic E-state index is 13.3. The van der Waals surface area contributed by atoms with Gasteiger partial charge in [-0.1, -0.05) is 6.92 Å². The van der Waals surface area contributed by atoms with Gasteiger partial charge in [0.15, 0.2) is 29.0 Å². The molecule has 0 amide bonds. The maximum absolute atomic E-state index is 13.3. The third-order valence-electron chi connectivity index (χ3n) is 7.86. The molecule has 0 spiro atoms. The molecule has 0 aromatic carbocycles. The van der Waals surface area contributed by atoms with Crippen LogP contribution in [0.2, 0.25) is 0 Å². The normalized spacial score (nSPS) is 38.6. The monoisotopic (exact) mass is 674 g/mol. The number of H-pyrrole nitrogens is 1. The molecule has 3 aromatic heterocycles. The van der Waals surface area contributed by atoms with Crippen molar-refractivity contribution in [3.05, 3.63) is 23.0 Å². The molecule has 7 rings (SSSR count). The molecule has 4 aliphatic rings. The maximum Gasteiger partial charge on any atom is 0.472 e. The average Bonchev–Trinajstić information content (AvgIpc) is 3.72. The second-order valence-corrected chi connectivity index (χ2v) is 13.5. The third-order valence-corrected chi connectivity index (χ3v) is 9.83. The summed E-state index contributed by atoms with van der Waals surface area (Å²) >= 11 is 0. The quantitative estimate of drug-likeness (QED) is 0.154. The number of aromatic amines is 1. The molecule has 0 radical (unpaired) electrons. The number of nitrogens with two attached hydrogens (primary N) is 2. The summed E-state index contributed by atoms with van der Waals surface area (Å²) in [5, 5.41) is 14.1. The lowest BCUT2D eigenvalue weighted by molar-refractivity contribution is -0.0629. The third kappa shape index (κ3) is 5.36. The average molecular weight is 674 g/mol. The zero-order valence-corrected chi connectivity index (χ0v) is 24.9. The smallest absolute Gasteiger partial charge is 0.387 e. The number of nitrogens with zero attached hydrogens (tertiary/aromatic N) is 6. The van der Waals surface area contributed by atoms with Crippen molar-refractivity contribution >= 4 is 50.1 Å². The van der Waals surface area contributed by atoms with Crippen LogP contribution in [0.15, 0.2) is 17.4 Å². The number of imidazole rings is 1. The summed E-state index contributed by atoms with van der Waals surface area (Å²) < 4.78 is 61.0. The van der Waals surface area contributed by atoms with Crippen LogP contribution in [-0.2, 0) is 36.7 Å². The van der Waals surface area contributed by atoms with Crippen LogP contribution < -0.4 is 27.2 Å². The number of fused-ring (bicyclic) bond motifs is 5. The van der Waals surface area contributed by atoms with Gasteiger partial charge in [-0.2, -0.15) is 4.98 Å². The summed E-state index contributed by atoms with van der Waals surface area (Å²) in [6.45, 7) is 0.488. The standard InChI is InChI=1S/C21H28N10O12P2/c1-7-13-9(41-19(7)30-5-26-10-15(22)24-4-25-16(10)30)3-39-45(36,37)43-14-12(32)8(2-38-44(34,35)42-13)40-20(14)31-6-27-11-17(31)28-21(23)29-18(11)33/h4,6-9,12-14,19-20,26,32H,2-3,5H2,1H3,(H,34,35)(H,36,37)(H2,22,24,25)(H3,23,28,29,33). The van der Waals surface area contributed by atoms with E-state index in [9.17, 15) is 28.8 Å². The molecule has 3 fully saturated rings. The van der Waals surface area contributed by atoms with Crippen molar-refractivity contribution in [1.29, 1.82) is 0 Å². The van der Waals surface area contributed by atoms with Crippen LogP contribution in [-0.4, -0.2) is 101 Å². The van der Waals surface area contributed by atoms with Gasteiger partial charge in [0.1, 0.15) is 48.8 Å². The molecular formula is C21H28N10O12P2. The van der Waals surface area contributed by atoms with Crippen molar-refractivity contribution in [2.75, 3.05) is 41.6 Å². The van der Waals surface area contributed by atoms with Gasteiger partial charge in [0.2, 0.25) is 5.95 Å². The summed E-state index contributed by atoms with van der Waals surface area (Å²) in [5.41, 5.74) is 11.2. The molecule has 7 heterocycles. The highest BCUT2D eigenvalue weighted by Gasteiger charge is 2.54. The van der Waals surface area contributed by atoms with E-state index in [1.807, 2.05) is 0 Å². The molecule has 3 aromatic rings. The second-order valence-electron chi connectivity index (χ2n) is 10.7. The van der Waals surface area contributed by atoms with Crippen molar-refractivity contribution in [1.82, 2.24) is 29.5 Å². The number of anilines is 4. The summed E-state index contributed by atoms with van der Waals surface area (Å²) in [6.07, 6.45) is -7.05. The van der Waals surface area contributed by atoms with E-state index in [-0.39, 0.29) is 29.6 Å². The number of hydrogen-bond acceptors (Lipinski definition) is 18. The first-order chi connectivity index (χ1) is 21.3. The van der Waals surface area contributed by atoms with Crippen molar-refractivity contribution in [2.24, 2.45) is 5.92 Å². The molecule has 22 nitrogen and oxygen atoms in total. The fraction of sp³-hybridized carbons (Fsp3) is 0.571. The lowest BCUT2D eigenvalue weighted by Crippen LogP contribution is -2.40. The van der Waals surface area contributed by atoms with E-state index < -0.39 is 83.3 Å². The molecule has 3 saturated heterocycles. The Morgan fingerprint density at radius 1 is 1.00 bits per heavy atom. The predicted octanol–water partition coefficient (Wildman–Crippen LogP) is -1.40. The van der Waals surface area contributed by atoms with Crippen LogP contribution >= 0.6 is 15.6 Å². The van der Waals surface area contributed by atoms with E-state index in [1.54, 1.807) is 11.8 Å². The molecule has 10 atom stereocenters. The van der Waals surface area contributed by atoms with E-state index in [2.05, 4.69) is 30.2 Å². The Hall–Kier alpha value is -3.27. The van der Waals surface area contributed by atoms with Crippen LogP contribution in [0.4, 0.5) is 23.3 Å². The Bertz CT molecular complexity index is 1790. The highest BCUT2D eigenvalue weighted by atomic mass is 31.2. The number of phosphoric acid groups is 2. The number of aromatic nitrogens is 6. The van der Waals surface area contributed by atoms with Gasteiger partial charge in [0.05, 0.1) is 26.2 Å². The van der Waals surface area contributed by atoms with Crippen LogP contribution in [0.25, 0.3) is 11.2 Å². The topological polar surface area (TPSA) is 307 Å². The van der Waals surface area contributed by atoms with Gasteiger partial charge in [-0.15, -0.1) is 0 Å². The number of rotatable bonds is 2. The Morgan fingerprint density at radius 2 is 1.69 bits per heavy atom. The molecule has 45 heavy (non-hydrogen) atoms. The predicted molar refractivity (Wildman–Crippen MR) is 149 cm³/mol. The number of aliphatic hydroxyl groups excluding tert-OH is 1. The Kier molecular flexibility index (Phi) is 7.37. The minimum atomic E-state index is -5.02. The highest BCUT2D eigenvalue weighted by molar-refractivity contribution is 7.47. The van der Waals surface area contributed by atoms with Crippen LogP contribution in [0, 0.1) is 5.92 Å². The first kappa shape index (κ1) is 30.4. The van der Waals surface area contributed by atoms with E-state index in [1.165, 1.54) is 6.33 Å². The van der Waals surface area contributed by atoms with Crippen molar-refractivity contribution in [3.8, 4) is 0 Å². The number of hydrogen-bond donors (Lipinski definition) is 7. The van der Waals surface area contributed by atoms with E-state index in [4.69, 9.17) is 39.0 Å². The van der Waals surface area contributed by atoms with Gasteiger partial charge in [-0.3, -0.25) is 32.4 Å². The second kappa shape index (κ2) is 10.9. The molecule has 9 N–H and O–H groups in total. The number of ether oxygens (including phenoxy) is 2. The van der Waals surface area contributed by atoms with Crippen LogP contribution in [0.1, 0.15) is 13.2 Å². The Morgan fingerprint density at radius 3 is 2.44 bits per heavy atom. The fourth-order valence-corrected chi connectivity index (χ4v) is 7.75. The van der Waals surface area contributed by atoms with E-state index in [0.717, 1.165) is 10.9 Å². The minimum absolute atomic E-state index is 0.0955. The van der Waals surface area contributed by atoms with Gasteiger partial charge in [-0.05, 0) is 0 Å². The molecule has 2 bridgehead atoms. The van der Waals surface area contributed by atoms with Crippen LogP contribution in [0.5, 0.6) is 0 Å². The highest BCUT2D eigenvalue weighted by Crippen LogP contribution is 2.54. The van der Waals surface area contributed by atoms with E-state index in [0.29, 0.717) is 11.5 Å². The largest absolute Gasteiger partial charge is 0.472 e. The number of nitrogen functional groups attached to an aromatic ring is 2. The van der Waals surface area contributed by atoms with Crippen molar-refractivity contribution in [2.45, 2.75) is 49.9 Å². The van der Waals surface area contributed by atoms with E-state index >= 15 is 0 Å². The SMILES string of the molecule is CC1C2OP(=O)(O)OCC3OC(n4cnc5c(=O)[nH]c(N)nc54)C(OP(=O)(O)OCC2OC1N1CNc2c(N)ncnc21)C3O. The molecular weight excluding hydrogens is 646 g/mol. The first-order valence-corrected chi connectivity index (χ1v) is 16.4. The summed E-state index contributed by atoms with van der Waals surface area (Å²) in [6, 6.07) is 0. The zero-order chi connectivity index (χ0) is 31.8. The summed E-state index contributed by atoms with van der Waals surface area (Å²) in [5.74, 6) is -0.303.